The zero-order valence-electron chi connectivity index (χ0n) is 24.0. The maximum Gasteiger partial charge on any atom is 0.354 e. The zero-order chi connectivity index (χ0) is 28.8. The van der Waals surface area contributed by atoms with E-state index in [1.807, 2.05) is 12.1 Å². The summed E-state index contributed by atoms with van der Waals surface area (Å²) in [5.41, 5.74) is 12.3. The van der Waals surface area contributed by atoms with Gasteiger partial charge < -0.3 is 26.2 Å². The van der Waals surface area contributed by atoms with Crippen LogP contribution in [0.2, 0.25) is 0 Å². The van der Waals surface area contributed by atoms with Crippen molar-refractivity contribution in [3.63, 3.8) is 0 Å². The normalized spacial score (nSPS) is 23.2. The average molecular weight is 551 g/mol. The number of carbonyl (C=O) groups is 2. The van der Waals surface area contributed by atoms with Gasteiger partial charge in [-0.3, -0.25) is 14.7 Å². The lowest BCUT2D eigenvalue weighted by atomic mass is 9.84. The summed E-state index contributed by atoms with van der Waals surface area (Å²) >= 11 is 0. The minimum atomic E-state index is -0.947. The van der Waals surface area contributed by atoms with Crippen molar-refractivity contribution in [2.45, 2.75) is 38.6 Å². The van der Waals surface area contributed by atoms with E-state index in [0.29, 0.717) is 31.9 Å². The lowest BCUT2D eigenvalue weighted by molar-refractivity contribution is -0.137. The summed E-state index contributed by atoms with van der Waals surface area (Å²) in [5, 5.41) is 2.70. The Morgan fingerprint density at radius 1 is 0.975 bits per heavy atom. The number of nitrogens with two attached hydrogens (primary N) is 2. The second kappa shape index (κ2) is 10.6. The SMILES string of the molecule is CC(C)(N)C(=O)N1CCN(C(=O)Nc2ccn(-c3ccc(C(C)(C)CN4C[C@@H]5[C@@H](CN)[C@@H]5C4)cc3)c(=O)n2)CC1. The number of carbonyl (C=O) groups excluding carboxylic acids is 2. The molecule has 0 unspecified atom stereocenters. The molecule has 2 saturated heterocycles. The van der Waals surface area contributed by atoms with Gasteiger partial charge in [-0.2, -0.15) is 4.98 Å². The van der Waals surface area contributed by atoms with E-state index >= 15 is 0 Å². The van der Waals surface area contributed by atoms with Crippen LogP contribution in [0.3, 0.4) is 0 Å². The van der Waals surface area contributed by atoms with Gasteiger partial charge in [0.25, 0.3) is 0 Å². The third kappa shape index (κ3) is 5.77. The first-order chi connectivity index (χ1) is 18.9. The van der Waals surface area contributed by atoms with Crippen LogP contribution in [0.25, 0.3) is 5.69 Å². The molecule has 0 bridgehead atoms. The monoisotopic (exact) mass is 550 g/mol. The highest BCUT2D eigenvalue weighted by Crippen LogP contribution is 2.51. The molecule has 0 radical (unpaired) electrons. The van der Waals surface area contributed by atoms with Crippen molar-refractivity contribution in [1.82, 2.24) is 24.3 Å². The number of aromatic nitrogens is 2. The maximum atomic E-state index is 12.8. The number of urea groups is 1. The van der Waals surface area contributed by atoms with Gasteiger partial charge in [0.05, 0.1) is 11.2 Å². The number of hydrogen-bond donors (Lipinski definition) is 3. The third-order valence-corrected chi connectivity index (χ3v) is 8.71. The van der Waals surface area contributed by atoms with Crippen molar-refractivity contribution < 1.29 is 9.59 Å². The highest BCUT2D eigenvalue weighted by molar-refractivity contribution is 5.89. The number of nitrogens with zero attached hydrogens (tertiary/aromatic N) is 5. The van der Waals surface area contributed by atoms with Crippen molar-refractivity contribution in [2.24, 2.45) is 29.2 Å². The minimum absolute atomic E-state index is 0.0236. The van der Waals surface area contributed by atoms with E-state index in [1.54, 1.807) is 35.9 Å². The van der Waals surface area contributed by atoms with Gasteiger partial charge in [0.2, 0.25) is 5.91 Å². The molecule has 0 spiro atoms. The predicted molar refractivity (Wildman–Crippen MR) is 154 cm³/mol. The topological polar surface area (TPSA) is 143 Å². The number of piperazine rings is 1. The summed E-state index contributed by atoms with van der Waals surface area (Å²) in [7, 11) is 0. The van der Waals surface area contributed by atoms with Crippen molar-refractivity contribution in [1.29, 1.82) is 0 Å². The van der Waals surface area contributed by atoms with Gasteiger partial charge in [0.1, 0.15) is 5.82 Å². The standard InChI is InChI=1S/C29H42N8O3/c1-28(2,18-34-16-22-21(15-30)23(22)17-34)19-5-7-20(8-6-19)37-10-9-24(33-27(37)40)32-26(39)36-13-11-35(12-14-36)25(38)29(3,4)31/h5-10,21-23H,11-18,30-31H2,1-4H3,(H,32,33,39,40)/t21-,22-,23+. The molecule has 1 aliphatic carbocycles. The van der Waals surface area contributed by atoms with E-state index in [0.717, 1.165) is 43.9 Å². The van der Waals surface area contributed by atoms with E-state index in [-0.39, 0.29) is 23.2 Å². The van der Waals surface area contributed by atoms with Gasteiger partial charge in [-0.05, 0) is 61.9 Å². The van der Waals surface area contributed by atoms with Crippen LogP contribution >= 0.6 is 0 Å². The quantitative estimate of drug-likeness (QED) is 0.468. The molecule has 216 valence electrons. The van der Waals surface area contributed by atoms with Crippen LogP contribution in [-0.4, -0.2) is 94.1 Å². The Kier molecular flexibility index (Phi) is 7.49. The molecule has 1 aromatic carbocycles. The first kappa shape index (κ1) is 28.3. The van der Waals surface area contributed by atoms with Crippen LogP contribution in [0.15, 0.2) is 41.3 Å². The molecule has 3 fully saturated rings. The summed E-state index contributed by atoms with van der Waals surface area (Å²) < 4.78 is 1.46. The molecule has 5 rings (SSSR count). The Bertz CT molecular complexity index is 1300. The molecule has 40 heavy (non-hydrogen) atoms. The van der Waals surface area contributed by atoms with Crippen LogP contribution in [0.5, 0.6) is 0 Å². The second-order valence-corrected chi connectivity index (χ2v) is 12.7. The van der Waals surface area contributed by atoms with Gasteiger partial charge in [-0.15, -0.1) is 0 Å². The van der Waals surface area contributed by atoms with Crippen molar-refractivity contribution >= 4 is 17.8 Å². The molecule has 3 aliphatic rings. The van der Waals surface area contributed by atoms with Crippen LogP contribution in [0.1, 0.15) is 33.3 Å². The van der Waals surface area contributed by atoms with E-state index in [9.17, 15) is 14.4 Å². The molecule has 1 aromatic heterocycles. The number of benzene rings is 1. The molecule has 3 atom stereocenters. The second-order valence-electron chi connectivity index (χ2n) is 12.7. The Morgan fingerprint density at radius 3 is 2.12 bits per heavy atom. The fourth-order valence-corrected chi connectivity index (χ4v) is 6.32. The summed E-state index contributed by atoms with van der Waals surface area (Å²) in [6.07, 6.45) is 1.62. The molecular weight excluding hydrogens is 508 g/mol. The Hall–Kier alpha value is -3.28. The molecule has 2 aliphatic heterocycles. The van der Waals surface area contributed by atoms with Gasteiger partial charge in [-0.25, -0.2) is 9.59 Å². The number of anilines is 1. The summed E-state index contributed by atoms with van der Waals surface area (Å²) in [6, 6.07) is 9.28. The largest absolute Gasteiger partial charge is 0.354 e. The number of piperidine rings is 1. The van der Waals surface area contributed by atoms with Crippen molar-refractivity contribution in [3.8, 4) is 5.69 Å². The molecule has 3 amide bonds. The number of nitrogens with one attached hydrogen (secondary N) is 1. The van der Waals surface area contributed by atoms with Crippen molar-refractivity contribution in [2.75, 3.05) is 57.7 Å². The molecule has 2 aromatic rings. The van der Waals surface area contributed by atoms with Crippen molar-refractivity contribution in [3.05, 3.63) is 52.6 Å². The molecule has 1 saturated carbocycles. The minimum Gasteiger partial charge on any atom is -0.338 e. The smallest absolute Gasteiger partial charge is 0.338 e. The molecule has 11 nitrogen and oxygen atoms in total. The highest BCUT2D eigenvalue weighted by atomic mass is 16.2. The van der Waals surface area contributed by atoms with Gasteiger partial charge in [0, 0.05) is 57.4 Å². The van der Waals surface area contributed by atoms with Gasteiger partial charge >= 0.3 is 11.7 Å². The summed E-state index contributed by atoms with van der Waals surface area (Å²) in [5.74, 6) is 2.33. The fourth-order valence-electron chi connectivity index (χ4n) is 6.32. The zero-order valence-corrected chi connectivity index (χ0v) is 24.0. The van der Waals surface area contributed by atoms with Crippen LogP contribution in [0, 0.1) is 17.8 Å². The number of rotatable bonds is 7. The number of fused-ring (bicyclic) bond motifs is 1. The molecule has 5 N–H and O–H groups in total. The average Bonchev–Trinajstić information content (AvgIpc) is 3.40. The molecule has 11 heteroatoms. The van der Waals surface area contributed by atoms with E-state index in [4.69, 9.17) is 11.5 Å². The Morgan fingerprint density at radius 2 is 1.57 bits per heavy atom. The van der Waals surface area contributed by atoms with Gasteiger partial charge in [-0.1, -0.05) is 26.0 Å². The van der Waals surface area contributed by atoms with Crippen LogP contribution < -0.4 is 22.5 Å². The number of hydrogen-bond acceptors (Lipinski definition) is 7. The molecule has 3 heterocycles. The van der Waals surface area contributed by atoms with E-state index < -0.39 is 11.2 Å². The third-order valence-electron chi connectivity index (χ3n) is 8.71. The van der Waals surface area contributed by atoms with Gasteiger partial charge in [0.15, 0.2) is 0 Å². The predicted octanol–water partition coefficient (Wildman–Crippen LogP) is 1.06. The fraction of sp³-hybridized carbons (Fsp3) is 0.586. The number of amides is 3. The summed E-state index contributed by atoms with van der Waals surface area (Å²) in [6.45, 7) is 13.5. The lowest BCUT2D eigenvalue weighted by Crippen LogP contribution is -2.58. The lowest BCUT2D eigenvalue weighted by Gasteiger charge is -2.37. The Balaban J connectivity index is 1.16. The highest BCUT2D eigenvalue weighted by Gasteiger charge is 2.54. The number of likely N-dealkylation sites (tertiary alicyclic amines) is 1. The van der Waals surface area contributed by atoms with E-state index in [1.165, 1.54) is 10.1 Å². The Labute approximate surface area is 235 Å². The summed E-state index contributed by atoms with van der Waals surface area (Å²) in [4.78, 5) is 47.8. The van der Waals surface area contributed by atoms with Crippen LogP contribution in [0.4, 0.5) is 10.6 Å². The first-order valence-electron chi connectivity index (χ1n) is 14.1. The first-order valence-corrected chi connectivity index (χ1v) is 14.1. The van der Waals surface area contributed by atoms with E-state index in [2.05, 4.69) is 41.2 Å². The maximum absolute atomic E-state index is 12.8. The van der Waals surface area contributed by atoms with Crippen LogP contribution in [-0.2, 0) is 10.2 Å². The molecular formula is C29H42N8O3.